The number of hydrogen-bond donors (Lipinski definition) is 1. The van der Waals surface area contributed by atoms with Crippen LogP contribution in [-0.2, 0) is 10.0 Å². The van der Waals surface area contributed by atoms with Crippen LogP contribution in [-0.4, -0.2) is 40.5 Å². The second kappa shape index (κ2) is 6.29. The van der Waals surface area contributed by atoms with E-state index in [1.54, 1.807) is 18.2 Å². The molecule has 1 N–H and O–H groups in total. The summed E-state index contributed by atoms with van der Waals surface area (Å²) in [5.41, 5.74) is 0.903. The molecule has 2 aromatic rings. The van der Waals surface area contributed by atoms with Crippen LogP contribution in [0.15, 0.2) is 41.3 Å². The number of nitrogens with zero attached hydrogens (tertiary/aromatic N) is 2. The van der Waals surface area contributed by atoms with Crippen molar-refractivity contribution in [2.75, 3.05) is 32.1 Å². The van der Waals surface area contributed by atoms with Crippen molar-refractivity contribution in [2.24, 2.45) is 0 Å². The van der Waals surface area contributed by atoms with Gasteiger partial charge in [0.25, 0.3) is 0 Å². The molecule has 0 aromatic heterocycles. The van der Waals surface area contributed by atoms with Crippen LogP contribution in [0.2, 0.25) is 0 Å². The van der Waals surface area contributed by atoms with E-state index in [-0.39, 0.29) is 11.4 Å². The largest absolute Gasteiger partial charge is 0.377 e. The first-order chi connectivity index (χ1) is 10.3. The highest BCUT2D eigenvalue weighted by Crippen LogP contribution is 2.29. The standard InChI is InChI=1S/C14H17N3O4S/c1-16(2)13-7-3-6-12-11(13)5-4-8-14(12)22(20,21)15-9-10-17(18)19/h3-8,15H,9-10H2,1-2H3. The van der Waals surface area contributed by atoms with E-state index in [1.165, 1.54) is 6.07 Å². The Hall–Kier alpha value is -2.19. The van der Waals surface area contributed by atoms with Crippen molar-refractivity contribution in [1.29, 1.82) is 0 Å². The minimum Gasteiger partial charge on any atom is -0.377 e. The van der Waals surface area contributed by atoms with Crippen molar-refractivity contribution in [3.8, 4) is 0 Å². The van der Waals surface area contributed by atoms with Gasteiger partial charge in [0.2, 0.25) is 16.6 Å². The second-order valence-corrected chi connectivity index (χ2v) is 6.71. The zero-order valence-corrected chi connectivity index (χ0v) is 13.1. The van der Waals surface area contributed by atoms with Gasteiger partial charge in [0.15, 0.2) is 0 Å². The predicted octanol–water partition coefficient (Wildman–Crippen LogP) is 1.46. The van der Waals surface area contributed by atoms with Gasteiger partial charge < -0.3 is 4.90 Å². The van der Waals surface area contributed by atoms with Crippen molar-refractivity contribution in [2.45, 2.75) is 4.90 Å². The SMILES string of the molecule is CN(C)c1cccc2c(S(=O)(=O)NCC[N+](=O)[O-])cccc12. The summed E-state index contributed by atoms with van der Waals surface area (Å²) >= 11 is 0. The van der Waals surface area contributed by atoms with Gasteiger partial charge >= 0.3 is 0 Å². The molecule has 0 spiro atoms. The third kappa shape index (κ3) is 3.34. The van der Waals surface area contributed by atoms with Crippen LogP contribution in [0.3, 0.4) is 0 Å². The highest BCUT2D eigenvalue weighted by atomic mass is 32.2. The summed E-state index contributed by atoms with van der Waals surface area (Å²) in [6.45, 7) is -0.688. The molecule has 8 heteroatoms. The van der Waals surface area contributed by atoms with E-state index in [2.05, 4.69) is 4.72 Å². The second-order valence-electron chi connectivity index (χ2n) is 4.98. The molecule has 0 unspecified atom stereocenters. The van der Waals surface area contributed by atoms with Crippen LogP contribution in [0.4, 0.5) is 5.69 Å². The Bertz CT molecular complexity index is 803. The zero-order valence-electron chi connectivity index (χ0n) is 12.3. The Kier molecular flexibility index (Phi) is 4.62. The molecule has 0 bridgehead atoms. The van der Waals surface area contributed by atoms with Gasteiger partial charge in [-0.1, -0.05) is 24.3 Å². The average molecular weight is 323 g/mol. The summed E-state index contributed by atoms with van der Waals surface area (Å²) in [6.07, 6.45) is 0. The fourth-order valence-corrected chi connectivity index (χ4v) is 3.48. The minimum atomic E-state index is -3.80. The summed E-state index contributed by atoms with van der Waals surface area (Å²) in [6, 6.07) is 10.4. The fourth-order valence-electron chi connectivity index (χ4n) is 2.24. The smallest absolute Gasteiger partial charge is 0.241 e. The van der Waals surface area contributed by atoms with Crippen molar-refractivity contribution in [3.05, 3.63) is 46.5 Å². The Morgan fingerprint density at radius 2 is 1.77 bits per heavy atom. The Labute approximate surface area is 128 Å². The summed E-state index contributed by atoms with van der Waals surface area (Å²) in [5.74, 6) is 0. The molecular formula is C14H17N3O4S. The van der Waals surface area contributed by atoms with Gasteiger partial charge in [0.1, 0.15) is 0 Å². The van der Waals surface area contributed by atoms with Crippen LogP contribution < -0.4 is 9.62 Å². The Morgan fingerprint density at radius 3 is 2.41 bits per heavy atom. The monoisotopic (exact) mass is 323 g/mol. The molecule has 118 valence electrons. The molecular weight excluding hydrogens is 306 g/mol. The summed E-state index contributed by atoms with van der Waals surface area (Å²) in [5, 5.41) is 11.7. The van der Waals surface area contributed by atoms with Crippen LogP contribution >= 0.6 is 0 Å². The molecule has 0 heterocycles. The molecule has 0 aliphatic carbocycles. The van der Waals surface area contributed by atoms with E-state index in [1.807, 2.05) is 31.1 Å². The van der Waals surface area contributed by atoms with Gasteiger partial charge in [-0.2, -0.15) is 0 Å². The van der Waals surface area contributed by atoms with Crippen LogP contribution in [0.1, 0.15) is 0 Å². The maximum Gasteiger partial charge on any atom is 0.241 e. The number of fused-ring (bicyclic) bond motifs is 1. The third-order valence-corrected chi connectivity index (χ3v) is 4.74. The van der Waals surface area contributed by atoms with E-state index in [4.69, 9.17) is 0 Å². The highest BCUT2D eigenvalue weighted by molar-refractivity contribution is 7.89. The maximum absolute atomic E-state index is 12.4. The lowest BCUT2D eigenvalue weighted by molar-refractivity contribution is -0.477. The molecule has 22 heavy (non-hydrogen) atoms. The molecule has 0 radical (unpaired) electrons. The fraction of sp³-hybridized carbons (Fsp3) is 0.286. The number of rotatable bonds is 6. The predicted molar refractivity (Wildman–Crippen MR) is 85.3 cm³/mol. The summed E-state index contributed by atoms with van der Waals surface area (Å²) < 4.78 is 27.0. The molecule has 7 nitrogen and oxygen atoms in total. The van der Waals surface area contributed by atoms with E-state index in [9.17, 15) is 18.5 Å². The molecule has 0 atom stereocenters. The Morgan fingerprint density at radius 1 is 1.14 bits per heavy atom. The van der Waals surface area contributed by atoms with Gasteiger partial charge in [-0.3, -0.25) is 10.1 Å². The van der Waals surface area contributed by atoms with Crippen molar-refractivity contribution >= 4 is 26.5 Å². The number of hydrogen-bond acceptors (Lipinski definition) is 5. The van der Waals surface area contributed by atoms with Gasteiger partial charge in [0.05, 0.1) is 11.4 Å². The van der Waals surface area contributed by atoms with Gasteiger partial charge in [-0.15, -0.1) is 0 Å². The number of nitrogens with one attached hydrogen (secondary N) is 1. The van der Waals surface area contributed by atoms with Crippen LogP contribution in [0.25, 0.3) is 10.8 Å². The molecule has 0 fully saturated rings. The van der Waals surface area contributed by atoms with Gasteiger partial charge in [0, 0.05) is 35.5 Å². The first kappa shape index (κ1) is 16.2. The third-order valence-electron chi connectivity index (χ3n) is 3.22. The first-order valence-electron chi connectivity index (χ1n) is 6.63. The number of nitro groups is 1. The normalized spacial score (nSPS) is 11.5. The van der Waals surface area contributed by atoms with Crippen LogP contribution in [0, 0.1) is 10.1 Å². The topological polar surface area (TPSA) is 92.6 Å². The number of sulfonamides is 1. The Balaban J connectivity index is 2.47. The number of anilines is 1. The van der Waals surface area contributed by atoms with Crippen molar-refractivity contribution < 1.29 is 13.3 Å². The van der Waals surface area contributed by atoms with Gasteiger partial charge in [-0.25, -0.2) is 13.1 Å². The summed E-state index contributed by atoms with van der Waals surface area (Å²) in [7, 11) is -0.0375. The molecule has 2 rings (SSSR count). The number of benzene rings is 2. The lowest BCUT2D eigenvalue weighted by atomic mass is 10.1. The van der Waals surface area contributed by atoms with E-state index in [0.717, 1.165) is 11.1 Å². The zero-order chi connectivity index (χ0) is 16.3. The molecule has 0 saturated carbocycles. The lowest BCUT2D eigenvalue weighted by Gasteiger charge is -2.17. The lowest BCUT2D eigenvalue weighted by Crippen LogP contribution is -2.29. The van der Waals surface area contributed by atoms with Crippen LogP contribution in [0.5, 0.6) is 0 Å². The van der Waals surface area contributed by atoms with Gasteiger partial charge in [-0.05, 0) is 12.1 Å². The van der Waals surface area contributed by atoms with E-state index >= 15 is 0 Å². The quantitative estimate of drug-likeness (QED) is 0.642. The molecule has 0 amide bonds. The average Bonchev–Trinajstić information content (AvgIpc) is 2.45. The molecule has 0 aliphatic rings. The van der Waals surface area contributed by atoms with Crippen molar-refractivity contribution in [3.63, 3.8) is 0 Å². The molecule has 0 aliphatic heterocycles. The van der Waals surface area contributed by atoms with E-state index in [0.29, 0.717) is 5.39 Å². The molecule has 2 aromatic carbocycles. The highest BCUT2D eigenvalue weighted by Gasteiger charge is 2.18. The molecule has 0 saturated heterocycles. The van der Waals surface area contributed by atoms with E-state index < -0.39 is 21.5 Å². The first-order valence-corrected chi connectivity index (χ1v) is 8.12. The summed E-state index contributed by atoms with van der Waals surface area (Å²) in [4.78, 5) is 11.8. The maximum atomic E-state index is 12.4. The minimum absolute atomic E-state index is 0.122. The van der Waals surface area contributed by atoms with Crippen molar-refractivity contribution in [1.82, 2.24) is 4.72 Å².